The molecule has 0 bridgehead atoms. The number of fused-ring (bicyclic) bond motifs is 5. The lowest BCUT2D eigenvalue weighted by molar-refractivity contribution is 0.639. The molecule has 0 N–H and O–H groups in total. The highest BCUT2D eigenvalue weighted by Gasteiger charge is 2.16. The fraction of sp³-hybridized carbons (Fsp3) is 0.457. The molecular formula is C92H120. The fourth-order valence-electron chi connectivity index (χ4n) is 14.7. The summed E-state index contributed by atoms with van der Waals surface area (Å²) >= 11 is 0. The second kappa shape index (κ2) is 37.4. The van der Waals surface area contributed by atoms with E-state index in [4.69, 9.17) is 0 Å². The van der Waals surface area contributed by atoms with E-state index in [0.717, 1.165) is 12.8 Å². The van der Waals surface area contributed by atoms with Gasteiger partial charge in [0.05, 0.1) is 0 Å². The molecule has 0 saturated heterocycles. The second-order valence-corrected chi connectivity index (χ2v) is 29.0. The van der Waals surface area contributed by atoms with Crippen LogP contribution in [0, 0.1) is 41.5 Å². The van der Waals surface area contributed by atoms with Gasteiger partial charge in [0.25, 0.3) is 0 Å². The number of hydrogen-bond donors (Lipinski definition) is 0. The van der Waals surface area contributed by atoms with Gasteiger partial charge in [-0.15, -0.1) is 13.2 Å². The van der Waals surface area contributed by atoms with Crippen molar-refractivity contribution in [3.8, 4) is 0 Å². The first-order chi connectivity index (χ1) is 44.6. The normalized spacial score (nSPS) is 12.1. The molecule has 0 spiro atoms. The molecule has 0 nitrogen and oxygen atoms in total. The van der Waals surface area contributed by atoms with Gasteiger partial charge in [0, 0.05) is 0 Å². The van der Waals surface area contributed by atoms with Crippen LogP contribution in [0.3, 0.4) is 0 Å². The largest absolute Gasteiger partial charge is 0.103 e. The quantitative estimate of drug-likeness (QED) is 0.0279. The van der Waals surface area contributed by atoms with Crippen LogP contribution in [0.4, 0.5) is 0 Å². The van der Waals surface area contributed by atoms with Gasteiger partial charge in [0.15, 0.2) is 0 Å². The summed E-state index contributed by atoms with van der Waals surface area (Å²) in [6, 6.07) is 43.4. The van der Waals surface area contributed by atoms with Crippen molar-refractivity contribution < 1.29 is 0 Å². The van der Waals surface area contributed by atoms with E-state index in [0.29, 0.717) is 0 Å². The summed E-state index contributed by atoms with van der Waals surface area (Å²) in [6.07, 6.45) is 49.0. The molecule has 488 valence electrons. The third-order valence-corrected chi connectivity index (χ3v) is 19.9. The summed E-state index contributed by atoms with van der Waals surface area (Å²) in [5.41, 5.74) is 30.0. The summed E-state index contributed by atoms with van der Waals surface area (Å²) in [5, 5.41) is 8.96. The zero-order chi connectivity index (χ0) is 65.2. The van der Waals surface area contributed by atoms with Crippen molar-refractivity contribution in [1.82, 2.24) is 0 Å². The SMILES string of the molecule is C=CCCCCc1cc(C)cc2c(CCCCC=C)cc(C)cc12.CC(C)=CCCCCc1cc(C)cc2c(CCCCC=C(C)C)cc(C)cc12.Cc1cc(CCCCCCc2ccc3c(c2)CC3)c2cc(C)cc(CCCCCCc3ccc4c(c3)CC4)c2c1. The monoisotopic (exact) mass is 1220 g/mol. The minimum atomic E-state index is 1.12. The highest BCUT2D eigenvalue weighted by atomic mass is 14.2. The zero-order valence-corrected chi connectivity index (χ0v) is 59.7. The summed E-state index contributed by atoms with van der Waals surface area (Å²) in [7, 11) is 0. The van der Waals surface area contributed by atoms with Crippen molar-refractivity contribution in [1.29, 1.82) is 0 Å². The molecular weight excluding hydrogens is 1110 g/mol. The van der Waals surface area contributed by atoms with Gasteiger partial charge in [0.1, 0.15) is 0 Å². The van der Waals surface area contributed by atoms with E-state index >= 15 is 0 Å². The molecule has 0 radical (unpaired) electrons. The summed E-state index contributed by atoms with van der Waals surface area (Å²) in [4.78, 5) is 0. The molecule has 0 heterocycles. The van der Waals surface area contributed by atoms with Crippen LogP contribution >= 0.6 is 0 Å². The summed E-state index contributed by atoms with van der Waals surface area (Å²) in [5.74, 6) is 0. The molecule has 0 aromatic heterocycles. The summed E-state index contributed by atoms with van der Waals surface area (Å²) in [6.45, 7) is 30.0. The molecule has 0 atom stereocenters. The van der Waals surface area contributed by atoms with Crippen molar-refractivity contribution in [3.05, 3.63) is 258 Å². The van der Waals surface area contributed by atoms with Crippen LogP contribution in [0.5, 0.6) is 0 Å². The summed E-state index contributed by atoms with van der Waals surface area (Å²) < 4.78 is 0. The molecule has 8 aromatic rings. The zero-order valence-electron chi connectivity index (χ0n) is 59.7. The first-order valence-corrected chi connectivity index (χ1v) is 36.9. The molecule has 2 aliphatic rings. The molecule has 0 heteroatoms. The predicted molar refractivity (Wildman–Crippen MR) is 409 cm³/mol. The van der Waals surface area contributed by atoms with E-state index in [-0.39, 0.29) is 0 Å². The number of aryl methyl sites for hydroxylation is 18. The Hall–Kier alpha value is -6.50. The van der Waals surface area contributed by atoms with Gasteiger partial charge in [-0.1, -0.05) is 204 Å². The van der Waals surface area contributed by atoms with Crippen molar-refractivity contribution in [2.24, 2.45) is 0 Å². The van der Waals surface area contributed by atoms with Gasteiger partial charge < -0.3 is 0 Å². The molecule has 0 fully saturated rings. The van der Waals surface area contributed by atoms with Crippen molar-refractivity contribution in [2.75, 3.05) is 0 Å². The van der Waals surface area contributed by atoms with Crippen LogP contribution in [0.25, 0.3) is 32.3 Å². The fourth-order valence-corrected chi connectivity index (χ4v) is 14.7. The lowest BCUT2D eigenvalue weighted by Crippen LogP contribution is -2.08. The van der Waals surface area contributed by atoms with Gasteiger partial charge in [-0.3, -0.25) is 0 Å². The third-order valence-electron chi connectivity index (χ3n) is 19.9. The Morgan fingerprint density at radius 2 is 0.511 bits per heavy atom. The Balaban J connectivity index is 0.000000185. The van der Waals surface area contributed by atoms with Gasteiger partial charge in [-0.25, -0.2) is 0 Å². The van der Waals surface area contributed by atoms with Gasteiger partial charge >= 0.3 is 0 Å². The van der Waals surface area contributed by atoms with E-state index in [1.165, 1.54) is 281 Å². The number of allylic oxidation sites excluding steroid dienone is 6. The average molecular weight is 1230 g/mol. The standard InChI is InChI=1S/C40H48.C28H40.C24H32/c1-29-23-37(13-9-5-3-7-11-31-15-17-33-19-21-35(33)27-31)40-26-30(2)24-38(39(40)25-29)14-10-6-4-8-12-32-16-18-34-20-22-36(34)28-32;1-21(2)13-9-7-11-15-25-17-23(5)20-28-26(18-24(6)19-27(25)28)16-12-8-10-14-22(3)4;1-5-7-9-11-13-21-15-19(3)18-24-22(14-12-10-8-6-2)16-20(4)17-23(21)24/h15-18,23-28H,3-14,19-22H2,1-2H3;13-14,17-20H,7-12,15-16H2,1-6H3;5-6,15-18H,1-2,7-14H2,3-4H3. The smallest absolute Gasteiger partial charge is 0.0146 e. The first-order valence-electron chi connectivity index (χ1n) is 36.9. The van der Waals surface area contributed by atoms with Crippen LogP contribution in [-0.4, -0.2) is 0 Å². The highest BCUT2D eigenvalue weighted by molar-refractivity contribution is 5.92. The van der Waals surface area contributed by atoms with Crippen LogP contribution in [0.2, 0.25) is 0 Å². The van der Waals surface area contributed by atoms with E-state index < -0.39 is 0 Å². The lowest BCUT2D eigenvalue weighted by Gasteiger charge is -2.19. The molecule has 92 heavy (non-hydrogen) atoms. The van der Waals surface area contributed by atoms with Crippen LogP contribution in [0.1, 0.15) is 256 Å². The van der Waals surface area contributed by atoms with E-state index in [2.05, 4.69) is 204 Å². The Labute approximate surface area is 561 Å². The molecule has 0 saturated carbocycles. The molecule has 0 aliphatic heterocycles. The van der Waals surface area contributed by atoms with Gasteiger partial charge in [-0.2, -0.15) is 0 Å². The minimum Gasteiger partial charge on any atom is -0.103 e. The number of benzene rings is 8. The highest BCUT2D eigenvalue weighted by Crippen LogP contribution is 2.33. The maximum Gasteiger partial charge on any atom is -0.0146 e. The Bertz CT molecular complexity index is 3500. The topological polar surface area (TPSA) is 0 Å². The molecule has 10 rings (SSSR count). The molecule has 2 aliphatic carbocycles. The molecule has 8 aromatic carbocycles. The Kier molecular flexibility index (Phi) is 29.0. The van der Waals surface area contributed by atoms with Gasteiger partial charge in [0.2, 0.25) is 0 Å². The number of hydrogen-bond acceptors (Lipinski definition) is 0. The van der Waals surface area contributed by atoms with Crippen LogP contribution < -0.4 is 0 Å². The molecule has 0 unspecified atom stereocenters. The van der Waals surface area contributed by atoms with Crippen molar-refractivity contribution in [2.45, 2.75) is 275 Å². The van der Waals surface area contributed by atoms with Crippen LogP contribution in [-0.2, 0) is 77.0 Å². The second-order valence-electron chi connectivity index (χ2n) is 29.0. The molecule has 0 amide bonds. The lowest BCUT2D eigenvalue weighted by atomic mass is 9.86. The van der Waals surface area contributed by atoms with E-state index in [1.807, 2.05) is 12.2 Å². The Morgan fingerprint density at radius 1 is 0.272 bits per heavy atom. The number of rotatable bonds is 34. The predicted octanol–water partition coefficient (Wildman–Crippen LogP) is 26.4. The van der Waals surface area contributed by atoms with Crippen molar-refractivity contribution >= 4 is 32.3 Å². The van der Waals surface area contributed by atoms with Gasteiger partial charge in [-0.05, 0) is 348 Å². The van der Waals surface area contributed by atoms with Crippen molar-refractivity contribution in [3.63, 3.8) is 0 Å². The van der Waals surface area contributed by atoms with E-state index in [9.17, 15) is 0 Å². The minimum absolute atomic E-state index is 1.12. The maximum absolute atomic E-state index is 3.83. The Morgan fingerprint density at radius 3 is 0.739 bits per heavy atom. The first kappa shape index (κ1) is 71.4. The number of unbranched alkanes of at least 4 members (excludes halogenated alkanes) is 14. The maximum atomic E-state index is 3.83. The third kappa shape index (κ3) is 22.3. The van der Waals surface area contributed by atoms with Crippen LogP contribution in [0.15, 0.2) is 158 Å². The van der Waals surface area contributed by atoms with E-state index in [1.54, 1.807) is 55.6 Å². The average Bonchev–Trinajstić information content (AvgIpc) is 0.821.